The van der Waals surface area contributed by atoms with Crippen LogP contribution in [0.2, 0.25) is 0 Å². The van der Waals surface area contributed by atoms with Crippen molar-refractivity contribution in [3.63, 3.8) is 0 Å². The number of nitrogens with zero attached hydrogens (tertiary/aromatic N) is 2. The minimum absolute atomic E-state index is 0.0421. The summed E-state index contributed by atoms with van der Waals surface area (Å²) in [5, 5.41) is 11.9. The summed E-state index contributed by atoms with van der Waals surface area (Å²) in [5.41, 5.74) is 0.255. The molecule has 0 radical (unpaired) electrons. The Morgan fingerprint density at radius 3 is 2.64 bits per heavy atom. The third-order valence-electron chi connectivity index (χ3n) is 3.14. The van der Waals surface area contributed by atoms with Crippen LogP contribution >= 0.6 is 0 Å². The summed E-state index contributed by atoms with van der Waals surface area (Å²) in [6.45, 7) is 8.76. The van der Waals surface area contributed by atoms with Crippen LogP contribution in [0.25, 0.3) is 0 Å². The van der Waals surface area contributed by atoms with E-state index in [1.807, 2.05) is 7.05 Å². The third-order valence-corrected chi connectivity index (χ3v) is 3.14. The summed E-state index contributed by atoms with van der Waals surface area (Å²) in [4.78, 5) is 2.42. The highest BCUT2D eigenvalue weighted by molar-refractivity contribution is 4.98. The van der Waals surface area contributed by atoms with Crippen molar-refractivity contribution in [1.82, 2.24) is 10.2 Å². The Balaban J connectivity index is 2.57. The van der Waals surface area contributed by atoms with Crippen LogP contribution in [0.15, 0.2) is 0 Å². The summed E-state index contributed by atoms with van der Waals surface area (Å²) in [6, 6.07) is 2.24. The standard InChI is InChI=1S/C11H21N3/c1-9-5-11(2,3)14(7-9)8-10(6-12)13-4/h9-10,13H,5,7-8H2,1-4H3. The molecule has 1 saturated heterocycles. The van der Waals surface area contributed by atoms with Gasteiger partial charge in [-0.05, 0) is 33.2 Å². The highest BCUT2D eigenvalue weighted by Crippen LogP contribution is 2.31. The van der Waals surface area contributed by atoms with E-state index in [9.17, 15) is 0 Å². The quantitative estimate of drug-likeness (QED) is 0.736. The number of nitriles is 1. The molecule has 1 heterocycles. The van der Waals surface area contributed by atoms with E-state index in [-0.39, 0.29) is 11.6 Å². The van der Waals surface area contributed by atoms with Gasteiger partial charge in [0.2, 0.25) is 0 Å². The summed E-state index contributed by atoms with van der Waals surface area (Å²) in [7, 11) is 1.85. The van der Waals surface area contributed by atoms with Crippen molar-refractivity contribution in [3.05, 3.63) is 0 Å². The Bertz CT molecular complexity index is 229. The molecule has 14 heavy (non-hydrogen) atoms. The first-order valence-corrected chi connectivity index (χ1v) is 5.31. The lowest BCUT2D eigenvalue weighted by Gasteiger charge is -2.32. The first kappa shape index (κ1) is 11.5. The minimum atomic E-state index is -0.0421. The first-order chi connectivity index (χ1) is 6.49. The molecule has 1 aliphatic heterocycles. The SMILES string of the molecule is CNC(C#N)CN1CC(C)CC1(C)C. The van der Waals surface area contributed by atoms with Gasteiger partial charge < -0.3 is 5.32 Å². The molecule has 2 atom stereocenters. The van der Waals surface area contributed by atoms with E-state index in [1.165, 1.54) is 6.42 Å². The fourth-order valence-electron chi connectivity index (χ4n) is 2.41. The molecule has 0 aliphatic carbocycles. The molecule has 3 heteroatoms. The molecule has 1 N–H and O–H groups in total. The molecule has 2 unspecified atom stereocenters. The van der Waals surface area contributed by atoms with Crippen molar-refractivity contribution in [2.45, 2.75) is 38.8 Å². The van der Waals surface area contributed by atoms with Crippen LogP contribution in [0.3, 0.4) is 0 Å². The molecule has 1 rings (SSSR count). The van der Waals surface area contributed by atoms with Crippen LogP contribution in [-0.4, -0.2) is 36.6 Å². The van der Waals surface area contributed by atoms with E-state index >= 15 is 0 Å². The summed E-state index contributed by atoms with van der Waals surface area (Å²) in [6.07, 6.45) is 1.23. The number of likely N-dealkylation sites (N-methyl/N-ethyl adjacent to an activating group) is 1. The van der Waals surface area contributed by atoms with Gasteiger partial charge in [0.05, 0.1) is 6.07 Å². The van der Waals surface area contributed by atoms with E-state index in [2.05, 4.69) is 37.1 Å². The fourth-order valence-corrected chi connectivity index (χ4v) is 2.41. The third kappa shape index (κ3) is 2.46. The first-order valence-electron chi connectivity index (χ1n) is 5.31. The molecular weight excluding hydrogens is 174 g/mol. The lowest BCUT2D eigenvalue weighted by molar-refractivity contribution is 0.167. The van der Waals surface area contributed by atoms with Gasteiger partial charge >= 0.3 is 0 Å². The number of hydrogen-bond acceptors (Lipinski definition) is 3. The molecule has 0 amide bonds. The predicted octanol–water partition coefficient (Wildman–Crippen LogP) is 1.22. The zero-order chi connectivity index (χ0) is 10.8. The van der Waals surface area contributed by atoms with Gasteiger partial charge in [-0.25, -0.2) is 0 Å². The van der Waals surface area contributed by atoms with Gasteiger partial charge in [-0.15, -0.1) is 0 Å². The van der Waals surface area contributed by atoms with E-state index < -0.39 is 0 Å². The van der Waals surface area contributed by atoms with Crippen LogP contribution in [0.5, 0.6) is 0 Å². The van der Waals surface area contributed by atoms with Crippen molar-refractivity contribution in [2.75, 3.05) is 20.1 Å². The Kier molecular flexibility index (Phi) is 3.52. The van der Waals surface area contributed by atoms with Crippen molar-refractivity contribution in [3.8, 4) is 6.07 Å². The fraction of sp³-hybridized carbons (Fsp3) is 0.909. The lowest BCUT2D eigenvalue weighted by Crippen LogP contribution is -2.45. The maximum atomic E-state index is 8.88. The molecular formula is C11H21N3. The Morgan fingerprint density at radius 2 is 2.29 bits per heavy atom. The van der Waals surface area contributed by atoms with Gasteiger partial charge in [-0.2, -0.15) is 5.26 Å². The van der Waals surface area contributed by atoms with Crippen molar-refractivity contribution < 1.29 is 0 Å². The molecule has 80 valence electrons. The van der Waals surface area contributed by atoms with Gasteiger partial charge in [0.25, 0.3) is 0 Å². The number of nitrogens with one attached hydrogen (secondary N) is 1. The monoisotopic (exact) mass is 195 g/mol. The molecule has 1 aliphatic rings. The van der Waals surface area contributed by atoms with Gasteiger partial charge in [0, 0.05) is 18.6 Å². The summed E-state index contributed by atoms with van der Waals surface area (Å²) >= 11 is 0. The van der Waals surface area contributed by atoms with Crippen LogP contribution in [-0.2, 0) is 0 Å². The highest BCUT2D eigenvalue weighted by Gasteiger charge is 2.36. The maximum Gasteiger partial charge on any atom is 0.108 e. The summed E-state index contributed by atoms with van der Waals surface area (Å²) < 4.78 is 0. The predicted molar refractivity (Wildman–Crippen MR) is 57.9 cm³/mol. The lowest BCUT2D eigenvalue weighted by atomic mass is 9.97. The average molecular weight is 195 g/mol. The molecule has 3 nitrogen and oxygen atoms in total. The number of rotatable bonds is 3. The topological polar surface area (TPSA) is 39.1 Å². The second kappa shape index (κ2) is 4.29. The van der Waals surface area contributed by atoms with E-state index in [4.69, 9.17) is 5.26 Å². The zero-order valence-corrected chi connectivity index (χ0v) is 9.67. The second-order valence-electron chi connectivity index (χ2n) is 5.00. The minimum Gasteiger partial charge on any atom is -0.304 e. The summed E-state index contributed by atoms with van der Waals surface area (Å²) in [5.74, 6) is 0.751. The van der Waals surface area contributed by atoms with Gasteiger partial charge in [-0.3, -0.25) is 4.90 Å². The number of hydrogen-bond donors (Lipinski definition) is 1. The smallest absolute Gasteiger partial charge is 0.108 e. The van der Waals surface area contributed by atoms with Crippen molar-refractivity contribution in [2.24, 2.45) is 5.92 Å². The van der Waals surface area contributed by atoms with Gasteiger partial charge in [-0.1, -0.05) is 6.92 Å². The number of likely N-dealkylation sites (tertiary alicyclic amines) is 1. The van der Waals surface area contributed by atoms with Gasteiger partial charge in [0.1, 0.15) is 6.04 Å². The zero-order valence-electron chi connectivity index (χ0n) is 9.67. The molecule has 1 fully saturated rings. The van der Waals surface area contributed by atoms with Gasteiger partial charge in [0.15, 0.2) is 0 Å². The van der Waals surface area contributed by atoms with Crippen LogP contribution in [0.1, 0.15) is 27.2 Å². The Labute approximate surface area is 87.1 Å². The van der Waals surface area contributed by atoms with E-state index in [0.29, 0.717) is 0 Å². The van der Waals surface area contributed by atoms with Crippen LogP contribution < -0.4 is 5.32 Å². The largest absolute Gasteiger partial charge is 0.304 e. The Hall–Kier alpha value is -0.590. The molecule has 0 aromatic heterocycles. The molecule has 0 saturated carbocycles. The molecule has 0 aromatic rings. The van der Waals surface area contributed by atoms with Crippen LogP contribution in [0, 0.1) is 17.2 Å². The van der Waals surface area contributed by atoms with Crippen molar-refractivity contribution in [1.29, 1.82) is 5.26 Å². The second-order valence-corrected chi connectivity index (χ2v) is 5.00. The highest BCUT2D eigenvalue weighted by atomic mass is 15.2. The van der Waals surface area contributed by atoms with Crippen molar-refractivity contribution >= 4 is 0 Å². The molecule has 0 aromatic carbocycles. The Morgan fingerprint density at radius 1 is 1.64 bits per heavy atom. The van der Waals surface area contributed by atoms with Crippen LogP contribution in [0.4, 0.5) is 0 Å². The van der Waals surface area contributed by atoms with E-state index in [1.54, 1.807) is 0 Å². The average Bonchev–Trinajstić information content (AvgIpc) is 2.35. The molecule has 0 bridgehead atoms. The molecule has 0 spiro atoms. The van der Waals surface area contributed by atoms with E-state index in [0.717, 1.165) is 19.0 Å². The maximum absolute atomic E-state index is 8.88. The normalized spacial score (nSPS) is 28.6.